The van der Waals surface area contributed by atoms with Crippen molar-refractivity contribution in [1.82, 2.24) is 30.4 Å². The molecule has 29 heavy (non-hydrogen) atoms. The first kappa shape index (κ1) is 20.5. The highest BCUT2D eigenvalue weighted by Crippen LogP contribution is 2.24. The van der Waals surface area contributed by atoms with Crippen LogP contribution in [0.2, 0.25) is 0 Å². The van der Waals surface area contributed by atoms with E-state index in [1.807, 2.05) is 54.0 Å². The van der Waals surface area contributed by atoms with Gasteiger partial charge in [-0.25, -0.2) is 4.79 Å². The molecule has 0 bridgehead atoms. The van der Waals surface area contributed by atoms with E-state index in [0.717, 1.165) is 17.5 Å². The fraction of sp³-hybridized carbons (Fsp3) is 0.250. The van der Waals surface area contributed by atoms with E-state index >= 15 is 0 Å². The first-order valence-corrected chi connectivity index (χ1v) is 10.2. The molecule has 9 heteroatoms. The third kappa shape index (κ3) is 5.89. The van der Waals surface area contributed by atoms with Crippen molar-refractivity contribution < 1.29 is 9.59 Å². The Morgan fingerprint density at radius 1 is 1.07 bits per heavy atom. The van der Waals surface area contributed by atoms with Gasteiger partial charge >= 0.3 is 6.03 Å². The molecule has 3 amide bonds. The van der Waals surface area contributed by atoms with Gasteiger partial charge in [0, 0.05) is 24.5 Å². The summed E-state index contributed by atoms with van der Waals surface area (Å²) in [5.74, 6) is 0.367. The van der Waals surface area contributed by atoms with Crippen LogP contribution in [0, 0.1) is 0 Å². The zero-order chi connectivity index (χ0) is 20.5. The third-order valence-corrected chi connectivity index (χ3v) is 4.93. The topological polar surface area (TPSA) is 102 Å². The normalized spacial score (nSPS) is 10.5. The molecule has 1 aromatic carbocycles. The van der Waals surface area contributed by atoms with Gasteiger partial charge in [-0.2, -0.15) is 0 Å². The van der Waals surface area contributed by atoms with E-state index in [0.29, 0.717) is 24.1 Å². The van der Waals surface area contributed by atoms with Crippen LogP contribution in [0.1, 0.15) is 18.9 Å². The Morgan fingerprint density at radius 2 is 1.83 bits per heavy atom. The number of thioether (sulfide) groups is 1. The van der Waals surface area contributed by atoms with Gasteiger partial charge in [-0.05, 0) is 24.1 Å². The molecule has 0 saturated heterocycles. The van der Waals surface area contributed by atoms with Gasteiger partial charge in [-0.15, -0.1) is 10.2 Å². The molecular weight excluding hydrogens is 388 g/mol. The van der Waals surface area contributed by atoms with Crippen molar-refractivity contribution in [3.05, 3.63) is 60.4 Å². The second kappa shape index (κ2) is 10.4. The molecule has 0 aliphatic carbocycles. The number of nitrogens with zero attached hydrogens (tertiary/aromatic N) is 4. The Hall–Kier alpha value is -3.20. The van der Waals surface area contributed by atoms with Crippen LogP contribution in [0.5, 0.6) is 0 Å². The number of hydrogen-bond donors (Lipinski definition) is 2. The number of hydrogen-bond acceptors (Lipinski definition) is 6. The van der Waals surface area contributed by atoms with Crippen LogP contribution < -0.4 is 10.6 Å². The van der Waals surface area contributed by atoms with Crippen molar-refractivity contribution in [2.45, 2.75) is 25.0 Å². The highest BCUT2D eigenvalue weighted by molar-refractivity contribution is 7.99. The lowest BCUT2D eigenvalue weighted by Crippen LogP contribution is -2.40. The van der Waals surface area contributed by atoms with Crippen molar-refractivity contribution in [2.75, 3.05) is 12.3 Å². The van der Waals surface area contributed by atoms with Crippen molar-refractivity contribution >= 4 is 23.7 Å². The highest BCUT2D eigenvalue weighted by atomic mass is 32.2. The highest BCUT2D eigenvalue weighted by Gasteiger charge is 2.17. The van der Waals surface area contributed by atoms with Crippen LogP contribution in [0.4, 0.5) is 4.79 Å². The minimum atomic E-state index is -0.485. The fourth-order valence-corrected chi connectivity index (χ4v) is 3.33. The number of carbonyl (C=O) groups is 2. The molecule has 0 radical (unpaired) electrons. The van der Waals surface area contributed by atoms with E-state index < -0.39 is 6.03 Å². The first-order chi connectivity index (χ1) is 14.2. The second-order valence-electron chi connectivity index (χ2n) is 6.21. The van der Waals surface area contributed by atoms with Crippen LogP contribution in [-0.4, -0.2) is 44.0 Å². The molecular formula is C20H22N6O2S. The number of aromatic nitrogens is 4. The average molecular weight is 411 g/mol. The van der Waals surface area contributed by atoms with E-state index in [1.54, 1.807) is 12.4 Å². The summed E-state index contributed by atoms with van der Waals surface area (Å²) in [4.78, 5) is 27.8. The molecule has 0 spiro atoms. The van der Waals surface area contributed by atoms with Crippen LogP contribution in [-0.2, 0) is 11.3 Å². The average Bonchev–Trinajstić information content (AvgIpc) is 3.14. The van der Waals surface area contributed by atoms with Crippen molar-refractivity contribution in [3.63, 3.8) is 0 Å². The summed E-state index contributed by atoms with van der Waals surface area (Å²) in [5, 5.41) is 14.1. The predicted molar refractivity (Wildman–Crippen MR) is 111 cm³/mol. The smallest absolute Gasteiger partial charge is 0.321 e. The lowest BCUT2D eigenvalue weighted by atomic mass is 10.2. The van der Waals surface area contributed by atoms with E-state index in [1.165, 1.54) is 11.8 Å². The molecule has 8 nitrogen and oxygen atoms in total. The monoisotopic (exact) mass is 410 g/mol. The maximum absolute atomic E-state index is 12.1. The van der Waals surface area contributed by atoms with Crippen molar-refractivity contribution in [2.24, 2.45) is 0 Å². The molecule has 2 aromatic heterocycles. The van der Waals surface area contributed by atoms with Crippen molar-refractivity contribution in [3.8, 4) is 11.4 Å². The number of pyridine rings is 1. The molecule has 0 unspecified atom stereocenters. The van der Waals surface area contributed by atoms with Gasteiger partial charge in [0.15, 0.2) is 11.0 Å². The zero-order valence-corrected chi connectivity index (χ0v) is 16.9. The predicted octanol–water partition coefficient (Wildman–Crippen LogP) is 2.72. The summed E-state index contributed by atoms with van der Waals surface area (Å²) in [7, 11) is 0. The summed E-state index contributed by atoms with van der Waals surface area (Å²) in [6, 6.07) is 13.2. The van der Waals surface area contributed by atoms with Gasteiger partial charge in [0.1, 0.15) is 0 Å². The Bertz CT molecular complexity index is 946. The Morgan fingerprint density at radius 3 is 2.55 bits per heavy atom. The van der Waals surface area contributed by atoms with Gasteiger partial charge in [-0.3, -0.25) is 19.7 Å². The Balaban J connectivity index is 1.75. The van der Waals surface area contributed by atoms with Crippen LogP contribution >= 0.6 is 11.8 Å². The molecule has 0 aliphatic rings. The van der Waals surface area contributed by atoms with Crippen LogP contribution in [0.15, 0.2) is 60.0 Å². The Labute approximate surface area is 173 Å². The van der Waals surface area contributed by atoms with Gasteiger partial charge in [0.05, 0.1) is 12.3 Å². The van der Waals surface area contributed by atoms with Gasteiger partial charge in [0.25, 0.3) is 0 Å². The van der Waals surface area contributed by atoms with Gasteiger partial charge < -0.3 is 5.32 Å². The maximum atomic E-state index is 12.1. The number of imide groups is 1. The number of carbonyl (C=O) groups excluding carboxylic acids is 2. The van der Waals surface area contributed by atoms with E-state index in [2.05, 4.69) is 25.8 Å². The molecule has 2 N–H and O–H groups in total. The lowest BCUT2D eigenvalue weighted by molar-refractivity contribution is -0.117. The molecule has 2 heterocycles. The minimum Gasteiger partial charge on any atom is -0.338 e. The maximum Gasteiger partial charge on any atom is 0.321 e. The number of nitrogens with one attached hydrogen (secondary N) is 2. The summed E-state index contributed by atoms with van der Waals surface area (Å²) in [6.45, 7) is 3.03. The molecule has 150 valence electrons. The molecule has 0 atom stereocenters. The SMILES string of the molecule is CCCNC(=O)NC(=O)CSc1nnc(-c2ccncc2)n1Cc1ccccc1. The van der Waals surface area contributed by atoms with E-state index in [4.69, 9.17) is 0 Å². The first-order valence-electron chi connectivity index (χ1n) is 9.25. The molecule has 0 fully saturated rings. The van der Waals surface area contributed by atoms with E-state index in [-0.39, 0.29) is 11.7 Å². The largest absolute Gasteiger partial charge is 0.338 e. The summed E-state index contributed by atoms with van der Waals surface area (Å²) < 4.78 is 1.96. The molecule has 0 saturated carbocycles. The Kier molecular flexibility index (Phi) is 7.34. The molecule has 3 rings (SSSR count). The number of rotatable bonds is 8. The molecule has 3 aromatic rings. The van der Waals surface area contributed by atoms with E-state index in [9.17, 15) is 9.59 Å². The summed E-state index contributed by atoms with van der Waals surface area (Å²) >= 11 is 1.24. The second-order valence-corrected chi connectivity index (χ2v) is 7.15. The van der Waals surface area contributed by atoms with Crippen LogP contribution in [0.25, 0.3) is 11.4 Å². The summed E-state index contributed by atoms with van der Waals surface area (Å²) in [6.07, 6.45) is 4.20. The lowest BCUT2D eigenvalue weighted by Gasteiger charge is -2.10. The number of benzene rings is 1. The van der Waals surface area contributed by atoms with Gasteiger partial charge in [0.2, 0.25) is 5.91 Å². The van der Waals surface area contributed by atoms with Crippen molar-refractivity contribution in [1.29, 1.82) is 0 Å². The quantitative estimate of drug-likeness (QED) is 0.554. The minimum absolute atomic E-state index is 0.0583. The number of amides is 3. The number of urea groups is 1. The van der Waals surface area contributed by atoms with Gasteiger partial charge in [-0.1, -0.05) is 49.0 Å². The fourth-order valence-electron chi connectivity index (χ4n) is 2.59. The summed E-state index contributed by atoms with van der Waals surface area (Å²) in [5.41, 5.74) is 1.98. The van der Waals surface area contributed by atoms with Crippen LogP contribution in [0.3, 0.4) is 0 Å². The third-order valence-electron chi connectivity index (χ3n) is 3.96. The molecule has 0 aliphatic heterocycles. The standard InChI is InChI=1S/C20H22N6O2S/c1-2-10-22-19(28)23-17(27)14-29-20-25-24-18(16-8-11-21-12-9-16)26(20)13-15-6-4-3-5-7-15/h3-9,11-12H,2,10,13-14H2,1H3,(H2,22,23,27,28). The zero-order valence-electron chi connectivity index (χ0n) is 16.0.